The van der Waals surface area contributed by atoms with Gasteiger partial charge in [0, 0.05) is 26.9 Å². The lowest BCUT2D eigenvalue weighted by atomic mass is 10.2. The summed E-state index contributed by atoms with van der Waals surface area (Å²) in [6.45, 7) is 0.173. The van der Waals surface area contributed by atoms with Crippen LogP contribution < -0.4 is 5.32 Å². The van der Waals surface area contributed by atoms with Crippen LogP contribution in [-0.4, -0.2) is 41.3 Å². The summed E-state index contributed by atoms with van der Waals surface area (Å²) >= 11 is 0. The number of aromatic nitrogens is 1. The fraction of sp³-hybridized carbons (Fsp3) is 0.455. The normalized spacial score (nSPS) is 12.1. The number of hydrogen-bond acceptors (Lipinski definition) is 3. The number of carbonyl (C=O) groups excluding carboxylic acids is 1. The van der Waals surface area contributed by atoms with Crippen LogP contribution in [0.15, 0.2) is 18.3 Å². The summed E-state index contributed by atoms with van der Waals surface area (Å²) in [5, 5.41) is 11.2. The van der Waals surface area contributed by atoms with Crippen molar-refractivity contribution in [3.63, 3.8) is 0 Å². The first-order valence-electron chi connectivity index (χ1n) is 5.18. The standard InChI is InChI=1S/C11H16N2O4/c1-13-5-3-4-9(13)11(16)12-7-8(17-2)6-10(14)15/h3-5,8H,6-7H2,1-2H3,(H,12,16)(H,14,15). The molecule has 2 N–H and O–H groups in total. The van der Waals surface area contributed by atoms with E-state index in [9.17, 15) is 9.59 Å². The molecule has 1 aromatic heterocycles. The molecule has 0 spiro atoms. The second kappa shape index (κ2) is 6.05. The van der Waals surface area contributed by atoms with Crippen LogP contribution in [0.3, 0.4) is 0 Å². The van der Waals surface area contributed by atoms with Crippen LogP contribution in [0.1, 0.15) is 16.9 Å². The summed E-state index contributed by atoms with van der Waals surface area (Å²) in [7, 11) is 3.18. The number of aliphatic carboxylic acids is 1. The van der Waals surface area contributed by atoms with Crippen molar-refractivity contribution in [3.05, 3.63) is 24.0 Å². The smallest absolute Gasteiger partial charge is 0.306 e. The first kappa shape index (κ1) is 13.2. The maximum Gasteiger partial charge on any atom is 0.306 e. The Bertz CT molecular complexity index is 400. The SMILES string of the molecule is COC(CNC(=O)c1cccn1C)CC(=O)O. The molecule has 1 atom stereocenters. The van der Waals surface area contributed by atoms with Crippen LogP contribution in [0.2, 0.25) is 0 Å². The summed E-state index contributed by atoms with van der Waals surface area (Å²) in [6, 6.07) is 3.45. The van der Waals surface area contributed by atoms with E-state index in [0.29, 0.717) is 5.69 Å². The molecule has 1 heterocycles. The number of aryl methyl sites for hydroxylation is 1. The van der Waals surface area contributed by atoms with Crippen molar-refractivity contribution in [2.24, 2.45) is 7.05 Å². The molecule has 0 aliphatic heterocycles. The van der Waals surface area contributed by atoms with Gasteiger partial charge >= 0.3 is 5.97 Å². The van der Waals surface area contributed by atoms with Gasteiger partial charge in [0.15, 0.2) is 0 Å². The third kappa shape index (κ3) is 3.92. The second-order valence-corrected chi connectivity index (χ2v) is 3.67. The molecular formula is C11H16N2O4. The van der Waals surface area contributed by atoms with E-state index in [0.717, 1.165) is 0 Å². The number of carbonyl (C=O) groups is 2. The molecule has 0 saturated heterocycles. The van der Waals surface area contributed by atoms with Gasteiger partial charge in [0.1, 0.15) is 5.69 Å². The Morgan fingerprint density at radius 3 is 2.76 bits per heavy atom. The van der Waals surface area contributed by atoms with E-state index in [1.54, 1.807) is 29.9 Å². The molecular weight excluding hydrogens is 224 g/mol. The van der Waals surface area contributed by atoms with Crippen molar-refractivity contribution in [1.82, 2.24) is 9.88 Å². The largest absolute Gasteiger partial charge is 0.481 e. The third-order valence-corrected chi connectivity index (χ3v) is 2.40. The number of nitrogens with zero attached hydrogens (tertiary/aromatic N) is 1. The number of hydrogen-bond donors (Lipinski definition) is 2. The zero-order valence-electron chi connectivity index (χ0n) is 9.84. The zero-order valence-corrected chi connectivity index (χ0v) is 9.84. The Morgan fingerprint density at radius 1 is 1.59 bits per heavy atom. The van der Waals surface area contributed by atoms with Gasteiger partial charge < -0.3 is 19.7 Å². The predicted molar refractivity (Wildman–Crippen MR) is 60.8 cm³/mol. The van der Waals surface area contributed by atoms with E-state index < -0.39 is 12.1 Å². The Hall–Kier alpha value is -1.82. The molecule has 0 aliphatic carbocycles. The average Bonchev–Trinajstić information content (AvgIpc) is 2.69. The van der Waals surface area contributed by atoms with E-state index in [2.05, 4.69) is 5.32 Å². The predicted octanol–water partition coefficient (Wildman–Crippen LogP) is 0.245. The second-order valence-electron chi connectivity index (χ2n) is 3.67. The highest BCUT2D eigenvalue weighted by molar-refractivity contribution is 5.92. The zero-order chi connectivity index (χ0) is 12.8. The molecule has 17 heavy (non-hydrogen) atoms. The number of carboxylic acid groups (broad SMARTS) is 1. The number of amides is 1. The van der Waals surface area contributed by atoms with Crippen molar-refractivity contribution < 1.29 is 19.4 Å². The molecule has 0 fully saturated rings. The number of rotatable bonds is 6. The van der Waals surface area contributed by atoms with Gasteiger partial charge in [-0.2, -0.15) is 0 Å². The number of nitrogens with one attached hydrogen (secondary N) is 1. The number of carboxylic acids is 1. The Labute approximate surface area is 99.2 Å². The number of ether oxygens (including phenoxy) is 1. The van der Waals surface area contributed by atoms with Gasteiger partial charge in [-0.1, -0.05) is 0 Å². The van der Waals surface area contributed by atoms with E-state index in [-0.39, 0.29) is 18.9 Å². The van der Waals surface area contributed by atoms with Crippen LogP contribution in [0.25, 0.3) is 0 Å². The van der Waals surface area contributed by atoms with E-state index in [4.69, 9.17) is 9.84 Å². The molecule has 0 bridgehead atoms. The summed E-state index contributed by atoms with van der Waals surface area (Å²) < 4.78 is 6.65. The number of methoxy groups -OCH3 is 1. The fourth-order valence-electron chi connectivity index (χ4n) is 1.43. The van der Waals surface area contributed by atoms with Crippen LogP contribution >= 0.6 is 0 Å². The Balaban J connectivity index is 2.47. The van der Waals surface area contributed by atoms with Crippen LogP contribution in [-0.2, 0) is 16.6 Å². The first-order chi connectivity index (χ1) is 8.04. The minimum atomic E-state index is -0.954. The Kier molecular flexibility index (Phi) is 4.71. The van der Waals surface area contributed by atoms with Crippen molar-refractivity contribution in [2.75, 3.05) is 13.7 Å². The van der Waals surface area contributed by atoms with Gasteiger partial charge in [0.2, 0.25) is 0 Å². The molecule has 1 aromatic rings. The van der Waals surface area contributed by atoms with Crippen LogP contribution in [0.5, 0.6) is 0 Å². The monoisotopic (exact) mass is 240 g/mol. The lowest BCUT2D eigenvalue weighted by Gasteiger charge is -2.14. The van der Waals surface area contributed by atoms with Gasteiger partial charge in [-0.15, -0.1) is 0 Å². The maximum absolute atomic E-state index is 11.7. The molecule has 1 unspecified atom stereocenters. The highest BCUT2D eigenvalue weighted by Crippen LogP contribution is 2.00. The molecule has 1 rings (SSSR count). The van der Waals surface area contributed by atoms with E-state index >= 15 is 0 Å². The molecule has 0 saturated carbocycles. The molecule has 0 radical (unpaired) electrons. The first-order valence-corrected chi connectivity index (χ1v) is 5.18. The summed E-state index contributed by atoms with van der Waals surface area (Å²) in [5.74, 6) is -1.20. The highest BCUT2D eigenvalue weighted by atomic mass is 16.5. The van der Waals surface area contributed by atoms with Gasteiger partial charge in [0.05, 0.1) is 12.5 Å². The quantitative estimate of drug-likeness (QED) is 0.746. The van der Waals surface area contributed by atoms with E-state index in [1.807, 2.05) is 0 Å². The summed E-state index contributed by atoms with van der Waals surface area (Å²) in [4.78, 5) is 22.2. The Morgan fingerprint density at radius 2 is 2.29 bits per heavy atom. The molecule has 1 amide bonds. The van der Waals surface area contributed by atoms with Gasteiger partial charge in [0.25, 0.3) is 5.91 Å². The topological polar surface area (TPSA) is 80.6 Å². The van der Waals surface area contributed by atoms with Gasteiger partial charge in [-0.05, 0) is 12.1 Å². The molecule has 6 nitrogen and oxygen atoms in total. The lowest BCUT2D eigenvalue weighted by molar-refractivity contribution is -0.139. The average molecular weight is 240 g/mol. The molecule has 6 heteroatoms. The van der Waals surface area contributed by atoms with Crippen LogP contribution in [0.4, 0.5) is 0 Å². The van der Waals surface area contributed by atoms with Crippen molar-refractivity contribution in [3.8, 4) is 0 Å². The summed E-state index contributed by atoms with van der Waals surface area (Å²) in [6.07, 6.45) is 1.11. The van der Waals surface area contributed by atoms with Crippen LogP contribution in [0, 0.1) is 0 Å². The van der Waals surface area contributed by atoms with Gasteiger partial charge in [-0.25, -0.2) is 0 Å². The molecule has 0 aromatic carbocycles. The van der Waals surface area contributed by atoms with Crippen molar-refractivity contribution >= 4 is 11.9 Å². The van der Waals surface area contributed by atoms with Crippen molar-refractivity contribution in [1.29, 1.82) is 0 Å². The van der Waals surface area contributed by atoms with Gasteiger partial charge in [-0.3, -0.25) is 9.59 Å². The molecule has 0 aliphatic rings. The van der Waals surface area contributed by atoms with Crippen molar-refractivity contribution in [2.45, 2.75) is 12.5 Å². The minimum Gasteiger partial charge on any atom is -0.481 e. The summed E-state index contributed by atoms with van der Waals surface area (Å²) in [5.41, 5.74) is 0.523. The highest BCUT2D eigenvalue weighted by Gasteiger charge is 2.15. The third-order valence-electron chi connectivity index (χ3n) is 2.40. The maximum atomic E-state index is 11.7. The van der Waals surface area contributed by atoms with E-state index in [1.165, 1.54) is 7.11 Å². The lowest BCUT2D eigenvalue weighted by Crippen LogP contribution is -2.35. The minimum absolute atomic E-state index is 0.135. The molecule has 94 valence electrons. The fourth-order valence-corrected chi connectivity index (χ4v) is 1.43.